The van der Waals surface area contributed by atoms with E-state index < -0.39 is 11.7 Å². The number of halogens is 3. The van der Waals surface area contributed by atoms with Crippen LogP contribution in [-0.4, -0.2) is 29.2 Å². The molecular formula is C22H26F3N3O2. The van der Waals surface area contributed by atoms with E-state index in [1.807, 2.05) is 0 Å². The molecule has 2 aliphatic rings. The number of rotatable bonds is 6. The van der Waals surface area contributed by atoms with Crippen LogP contribution in [0.25, 0.3) is 0 Å². The first-order chi connectivity index (χ1) is 14.4. The van der Waals surface area contributed by atoms with Gasteiger partial charge in [-0.2, -0.15) is 18.2 Å². The summed E-state index contributed by atoms with van der Waals surface area (Å²) < 4.78 is 52.4. The first-order valence-electron chi connectivity index (χ1n) is 10.5. The van der Waals surface area contributed by atoms with Crippen LogP contribution in [0.15, 0.2) is 30.5 Å². The highest BCUT2D eigenvalue weighted by Gasteiger charge is 2.37. The van der Waals surface area contributed by atoms with Crippen molar-refractivity contribution < 1.29 is 22.6 Å². The Morgan fingerprint density at radius 2 is 1.47 bits per heavy atom. The Morgan fingerprint density at radius 1 is 0.900 bits per heavy atom. The minimum absolute atomic E-state index is 0.0158. The molecule has 8 heteroatoms. The Morgan fingerprint density at radius 3 is 2.03 bits per heavy atom. The number of anilines is 2. The molecule has 0 N–H and O–H groups in total. The average molecular weight is 421 g/mol. The van der Waals surface area contributed by atoms with Gasteiger partial charge in [-0.3, -0.25) is 0 Å². The molecule has 0 atom stereocenters. The Labute approximate surface area is 174 Å². The number of alkyl halides is 3. The lowest BCUT2D eigenvalue weighted by Crippen LogP contribution is -2.21. The van der Waals surface area contributed by atoms with Crippen molar-refractivity contribution in [2.45, 2.75) is 69.8 Å². The molecular weight excluding hydrogens is 395 g/mol. The largest absolute Gasteiger partial charge is 0.490 e. The van der Waals surface area contributed by atoms with Crippen molar-refractivity contribution in [1.82, 2.24) is 9.97 Å². The van der Waals surface area contributed by atoms with Crippen molar-refractivity contribution in [3.63, 3.8) is 0 Å². The van der Waals surface area contributed by atoms with Crippen molar-refractivity contribution in [1.29, 1.82) is 0 Å². The molecule has 0 bridgehead atoms. The molecule has 5 nitrogen and oxygen atoms in total. The van der Waals surface area contributed by atoms with Crippen molar-refractivity contribution >= 4 is 11.5 Å². The van der Waals surface area contributed by atoms with Crippen LogP contribution >= 0.6 is 0 Å². The second-order valence-electron chi connectivity index (χ2n) is 7.99. The number of hydrogen-bond donors (Lipinski definition) is 0. The van der Waals surface area contributed by atoms with E-state index in [0.29, 0.717) is 5.69 Å². The first kappa shape index (κ1) is 20.8. The van der Waals surface area contributed by atoms with Gasteiger partial charge in [0, 0.05) is 18.9 Å². The summed E-state index contributed by atoms with van der Waals surface area (Å²) in [5, 5.41) is 0. The van der Waals surface area contributed by atoms with Gasteiger partial charge in [0.2, 0.25) is 0 Å². The molecule has 0 saturated heterocycles. The van der Waals surface area contributed by atoms with Gasteiger partial charge in [0.05, 0.1) is 6.10 Å². The van der Waals surface area contributed by atoms with Gasteiger partial charge in [-0.15, -0.1) is 0 Å². The fraction of sp³-hybridized carbons (Fsp3) is 0.545. The molecule has 162 valence electrons. The molecule has 0 amide bonds. The smallest absolute Gasteiger partial charge is 0.421 e. The summed E-state index contributed by atoms with van der Waals surface area (Å²) in [7, 11) is 1.56. The Balaban J connectivity index is 1.56. The van der Waals surface area contributed by atoms with Crippen molar-refractivity contribution in [3.8, 4) is 11.8 Å². The second kappa shape index (κ2) is 8.70. The topological polar surface area (TPSA) is 47.5 Å². The van der Waals surface area contributed by atoms with E-state index >= 15 is 0 Å². The number of benzene rings is 1. The fourth-order valence-corrected chi connectivity index (χ4v) is 4.09. The van der Waals surface area contributed by atoms with Gasteiger partial charge in [-0.25, -0.2) is 4.98 Å². The SMILES string of the molecule is CN(c1ccc(OC2CCCC2)cc1)c1nc(OC2CCCC2)ncc1C(F)(F)F. The van der Waals surface area contributed by atoms with E-state index in [4.69, 9.17) is 9.47 Å². The van der Waals surface area contributed by atoms with Gasteiger partial charge in [0.25, 0.3) is 0 Å². The highest BCUT2D eigenvalue weighted by molar-refractivity contribution is 5.63. The quantitative estimate of drug-likeness (QED) is 0.581. The molecule has 2 aliphatic carbocycles. The first-order valence-corrected chi connectivity index (χ1v) is 10.5. The van der Waals surface area contributed by atoms with E-state index in [2.05, 4.69) is 9.97 Å². The van der Waals surface area contributed by atoms with Crippen molar-refractivity contribution in [2.75, 3.05) is 11.9 Å². The van der Waals surface area contributed by atoms with Crippen molar-refractivity contribution in [3.05, 3.63) is 36.0 Å². The predicted molar refractivity (Wildman–Crippen MR) is 107 cm³/mol. The summed E-state index contributed by atoms with van der Waals surface area (Å²) >= 11 is 0. The molecule has 0 aliphatic heterocycles. The van der Waals surface area contributed by atoms with Crippen LogP contribution in [0.4, 0.5) is 24.7 Å². The van der Waals surface area contributed by atoms with Gasteiger partial charge in [0.1, 0.15) is 17.4 Å². The lowest BCUT2D eigenvalue weighted by atomic mass is 10.2. The third kappa shape index (κ3) is 4.79. The lowest BCUT2D eigenvalue weighted by molar-refractivity contribution is -0.137. The maximum absolute atomic E-state index is 13.6. The van der Waals surface area contributed by atoms with Crippen LogP contribution in [0.1, 0.15) is 56.9 Å². The summed E-state index contributed by atoms with van der Waals surface area (Å²) in [5.74, 6) is 0.498. The van der Waals surface area contributed by atoms with E-state index in [1.165, 1.54) is 17.7 Å². The van der Waals surface area contributed by atoms with Gasteiger partial charge in [0.15, 0.2) is 5.82 Å². The highest BCUT2D eigenvalue weighted by Crippen LogP contribution is 2.38. The molecule has 2 fully saturated rings. The number of aromatic nitrogens is 2. The molecule has 0 radical (unpaired) electrons. The summed E-state index contributed by atoms with van der Waals surface area (Å²) in [4.78, 5) is 9.35. The number of ether oxygens (including phenoxy) is 2. The zero-order chi connectivity index (χ0) is 21.1. The molecule has 2 saturated carbocycles. The number of hydrogen-bond acceptors (Lipinski definition) is 5. The van der Waals surface area contributed by atoms with Crippen LogP contribution in [-0.2, 0) is 6.18 Å². The average Bonchev–Trinajstić information content (AvgIpc) is 3.41. The van der Waals surface area contributed by atoms with E-state index in [-0.39, 0.29) is 24.0 Å². The Bertz CT molecular complexity index is 846. The molecule has 0 spiro atoms. The Kier molecular flexibility index (Phi) is 6.01. The normalized spacial score (nSPS) is 18.0. The minimum Gasteiger partial charge on any atom is -0.490 e. The molecule has 1 aromatic carbocycles. The third-order valence-electron chi connectivity index (χ3n) is 5.77. The summed E-state index contributed by atoms with van der Waals surface area (Å²) in [6, 6.07) is 7.04. The second-order valence-corrected chi connectivity index (χ2v) is 7.99. The van der Waals surface area contributed by atoms with Crippen LogP contribution < -0.4 is 14.4 Å². The minimum atomic E-state index is -4.57. The van der Waals surface area contributed by atoms with Crippen LogP contribution in [0.3, 0.4) is 0 Å². The van der Waals surface area contributed by atoms with Gasteiger partial charge >= 0.3 is 12.2 Å². The van der Waals surface area contributed by atoms with Crippen molar-refractivity contribution in [2.24, 2.45) is 0 Å². The maximum atomic E-state index is 13.6. The number of nitrogens with zero attached hydrogens (tertiary/aromatic N) is 3. The maximum Gasteiger partial charge on any atom is 0.421 e. The van der Waals surface area contributed by atoms with Crippen LogP contribution in [0, 0.1) is 0 Å². The highest BCUT2D eigenvalue weighted by atomic mass is 19.4. The third-order valence-corrected chi connectivity index (χ3v) is 5.77. The summed E-state index contributed by atoms with van der Waals surface area (Å²) in [6.45, 7) is 0. The fourth-order valence-electron chi connectivity index (χ4n) is 4.09. The zero-order valence-corrected chi connectivity index (χ0v) is 17.0. The van der Waals surface area contributed by atoms with Gasteiger partial charge < -0.3 is 14.4 Å². The van der Waals surface area contributed by atoms with Crippen LogP contribution in [0.5, 0.6) is 11.8 Å². The van der Waals surface area contributed by atoms with Gasteiger partial charge in [-0.1, -0.05) is 0 Å². The monoisotopic (exact) mass is 421 g/mol. The summed E-state index contributed by atoms with van der Waals surface area (Å²) in [5.41, 5.74) is -0.320. The molecule has 1 heterocycles. The standard InChI is InChI=1S/C22H26F3N3O2/c1-28(15-10-12-18(13-11-15)29-16-6-2-3-7-16)20-19(22(23,24)25)14-26-21(27-20)30-17-8-4-5-9-17/h10-14,16-17H,2-9H2,1H3. The van der Waals surface area contributed by atoms with E-state index in [1.54, 1.807) is 31.3 Å². The van der Waals surface area contributed by atoms with E-state index in [0.717, 1.165) is 50.5 Å². The molecule has 30 heavy (non-hydrogen) atoms. The van der Waals surface area contributed by atoms with Gasteiger partial charge in [-0.05, 0) is 75.6 Å². The van der Waals surface area contributed by atoms with E-state index in [9.17, 15) is 13.2 Å². The molecule has 0 unspecified atom stereocenters. The van der Waals surface area contributed by atoms with Crippen LogP contribution in [0.2, 0.25) is 0 Å². The molecule has 2 aromatic rings. The lowest BCUT2D eigenvalue weighted by Gasteiger charge is -2.23. The molecule has 1 aromatic heterocycles. The molecule has 4 rings (SSSR count). The predicted octanol–water partition coefficient (Wildman–Crippen LogP) is 5.91. The Hall–Kier alpha value is -2.51. The zero-order valence-electron chi connectivity index (χ0n) is 17.0. The summed E-state index contributed by atoms with van der Waals surface area (Å²) in [6.07, 6.45) is 4.70.